The Labute approximate surface area is 162 Å². The lowest BCUT2D eigenvalue weighted by Crippen LogP contribution is -2.37. The molecule has 0 spiro atoms. The number of guanidine groups is 1. The summed E-state index contributed by atoms with van der Waals surface area (Å²) < 4.78 is 3.22. The maximum atomic E-state index is 5.95. The summed E-state index contributed by atoms with van der Waals surface area (Å²) in [6.45, 7) is 4.43. The first kappa shape index (κ1) is 18.5. The molecular weight excluding hydrogens is 469 g/mol. The minimum Gasteiger partial charge on any atom is -0.370 e. The van der Waals surface area contributed by atoms with E-state index < -0.39 is 0 Å². The molecule has 7 heteroatoms. The van der Waals surface area contributed by atoms with Gasteiger partial charge in [-0.05, 0) is 43.9 Å². The van der Waals surface area contributed by atoms with Gasteiger partial charge in [0.1, 0.15) is 12.4 Å². The van der Waals surface area contributed by atoms with E-state index in [1.54, 1.807) is 0 Å². The molecule has 3 rings (SSSR count). The maximum Gasteiger partial charge on any atom is 0.189 e. The molecule has 0 aliphatic heterocycles. The Hall–Kier alpha value is -0.830. The normalized spacial score (nSPS) is 15.3. The second kappa shape index (κ2) is 8.32. The van der Waals surface area contributed by atoms with Crippen LogP contribution in [0.15, 0.2) is 27.7 Å². The third-order valence-electron chi connectivity index (χ3n) is 4.29. The van der Waals surface area contributed by atoms with E-state index in [-0.39, 0.29) is 24.0 Å². The van der Waals surface area contributed by atoms with Gasteiger partial charge in [-0.15, -0.1) is 24.0 Å². The molecule has 0 unspecified atom stereocenters. The summed E-state index contributed by atoms with van der Waals surface area (Å²) in [7, 11) is 0. The number of aromatic nitrogens is 2. The van der Waals surface area contributed by atoms with Crippen LogP contribution >= 0.6 is 39.9 Å². The van der Waals surface area contributed by atoms with Crippen LogP contribution in [0.25, 0.3) is 11.0 Å². The molecule has 0 radical (unpaired) electrons. The van der Waals surface area contributed by atoms with Crippen LogP contribution in [0, 0.1) is 5.92 Å². The van der Waals surface area contributed by atoms with E-state index in [1.807, 2.05) is 12.1 Å². The largest absolute Gasteiger partial charge is 0.370 e. The van der Waals surface area contributed by atoms with Crippen LogP contribution in [0.2, 0.25) is 0 Å². The number of fused-ring (bicyclic) bond motifs is 1. The van der Waals surface area contributed by atoms with Gasteiger partial charge in [-0.3, -0.25) is 0 Å². The van der Waals surface area contributed by atoms with Gasteiger partial charge < -0.3 is 15.6 Å². The first-order chi connectivity index (χ1) is 10.7. The molecule has 1 fully saturated rings. The molecule has 1 aromatic heterocycles. The van der Waals surface area contributed by atoms with E-state index in [1.165, 1.54) is 19.3 Å². The minimum absolute atomic E-state index is 0. The van der Waals surface area contributed by atoms with Crippen molar-refractivity contribution < 1.29 is 0 Å². The predicted molar refractivity (Wildman–Crippen MR) is 109 cm³/mol. The van der Waals surface area contributed by atoms with Crippen molar-refractivity contribution in [2.75, 3.05) is 6.54 Å². The SMILES string of the molecule is CCn1c(CN=C(N)NCC2CCC2)nc2cc(Br)ccc21.I. The number of rotatable bonds is 5. The lowest BCUT2D eigenvalue weighted by atomic mass is 9.85. The van der Waals surface area contributed by atoms with E-state index in [0.29, 0.717) is 12.5 Å². The van der Waals surface area contributed by atoms with Crippen molar-refractivity contribution in [2.45, 2.75) is 39.3 Å². The Morgan fingerprint density at radius 2 is 2.26 bits per heavy atom. The fourth-order valence-corrected chi connectivity index (χ4v) is 3.13. The van der Waals surface area contributed by atoms with Crippen LogP contribution in [-0.2, 0) is 13.1 Å². The zero-order valence-electron chi connectivity index (χ0n) is 13.3. The lowest BCUT2D eigenvalue weighted by Gasteiger charge is -2.25. The molecular formula is C16H23BrIN5. The number of aryl methyl sites for hydroxylation is 1. The van der Waals surface area contributed by atoms with Gasteiger partial charge in [0.2, 0.25) is 0 Å². The van der Waals surface area contributed by atoms with E-state index in [0.717, 1.165) is 40.3 Å². The highest BCUT2D eigenvalue weighted by Crippen LogP contribution is 2.25. The smallest absolute Gasteiger partial charge is 0.189 e. The summed E-state index contributed by atoms with van der Waals surface area (Å²) in [5.41, 5.74) is 8.08. The first-order valence-electron chi connectivity index (χ1n) is 7.86. The molecule has 1 saturated carbocycles. The standard InChI is InChI=1S/C16H22BrN5.HI/c1-2-22-14-7-6-12(17)8-13(14)21-15(22)10-20-16(18)19-9-11-4-3-5-11;/h6-8,11H,2-5,9-10H2,1H3,(H3,18,19,20);1H. The van der Waals surface area contributed by atoms with Crippen LogP contribution in [0.1, 0.15) is 32.0 Å². The second-order valence-corrected chi connectivity index (χ2v) is 6.70. The molecule has 1 aliphatic rings. The van der Waals surface area contributed by atoms with Gasteiger partial charge in [-0.25, -0.2) is 9.98 Å². The summed E-state index contributed by atoms with van der Waals surface area (Å²) >= 11 is 3.49. The summed E-state index contributed by atoms with van der Waals surface area (Å²) in [5.74, 6) is 2.23. The van der Waals surface area contributed by atoms with Crippen molar-refractivity contribution in [3.63, 3.8) is 0 Å². The number of halogens is 2. The van der Waals surface area contributed by atoms with Crippen molar-refractivity contribution in [3.05, 3.63) is 28.5 Å². The van der Waals surface area contributed by atoms with Crippen LogP contribution in [0.5, 0.6) is 0 Å². The van der Waals surface area contributed by atoms with Gasteiger partial charge in [0.15, 0.2) is 5.96 Å². The fourth-order valence-electron chi connectivity index (χ4n) is 2.78. The van der Waals surface area contributed by atoms with Gasteiger partial charge in [-0.2, -0.15) is 0 Å². The molecule has 3 N–H and O–H groups in total. The molecule has 126 valence electrons. The molecule has 0 amide bonds. The number of benzene rings is 1. The van der Waals surface area contributed by atoms with Crippen LogP contribution in [0.3, 0.4) is 0 Å². The Balaban J connectivity index is 0.00000192. The Kier molecular flexibility index (Phi) is 6.70. The number of aliphatic imine (C=N–C) groups is 1. The quantitative estimate of drug-likeness (QED) is 0.381. The number of nitrogens with one attached hydrogen (secondary N) is 1. The molecule has 0 atom stereocenters. The zero-order valence-corrected chi connectivity index (χ0v) is 17.2. The van der Waals surface area contributed by atoms with Gasteiger partial charge in [0, 0.05) is 17.6 Å². The lowest BCUT2D eigenvalue weighted by molar-refractivity contribution is 0.315. The molecule has 1 heterocycles. The number of hydrogen-bond donors (Lipinski definition) is 2. The average Bonchev–Trinajstić information content (AvgIpc) is 2.79. The predicted octanol–water partition coefficient (Wildman–Crippen LogP) is 3.64. The maximum absolute atomic E-state index is 5.95. The molecule has 1 aliphatic carbocycles. The zero-order chi connectivity index (χ0) is 15.5. The second-order valence-electron chi connectivity index (χ2n) is 5.78. The molecule has 5 nitrogen and oxygen atoms in total. The van der Waals surface area contributed by atoms with Crippen molar-refractivity contribution in [2.24, 2.45) is 16.6 Å². The summed E-state index contributed by atoms with van der Waals surface area (Å²) in [5, 5.41) is 3.22. The van der Waals surface area contributed by atoms with Crippen LogP contribution < -0.4 is 11.1 Å². The highest BCUT2D eigenvalue weighted by atomic mass is 127. The Morgan fingerprint density at radius 3 is 2.91 bits per heavy atom. The third kappa shape index (κ3) is 4.37. The Morgan fingerprint density at radius 1 is 1.48 bits per heavy atom. The molecule has 0 saturated heterocycles. The molecule has 0 bridgehead atoms. The van der Waals surface area contributed by atoms with Crippen molar-refractivity contribution in [3.8, 4) is 0 Å². The summed E-state index contributed by atoms with van der Waals surface area (Å²) in [6.07, 6.45) is 3.96. The van der Waals surface area contributed by atoms with Crippen molar-refractivity contribution >= 4 is 56.9 Å². The highest BCUT2D eigenvalue weighted by molar-refractivity contribution is 14.0. The first-order valence-corrected chi connectivity index (χ1v) is 8.65. The van der Waals surface area contributed by atoms with Crippen molar-refractivity contribution in [1.82, 2.24) is 14.9 Å². The number of nitrogens with two attached hydrogens (primary N) is 1. The minimum atomic E-state index is 0. The molecule has 1 aromatic carbocycles. The molecule has 2 aromatic rings. The number of imidazole rings is 1. The van der Waals surface area contributed by atoms with Gasteiger partial charge in [-0.1, -0.05) is 22.4 Å². The topological polar surface area (TPSA) is 68.2 Å². The summed E-state index contributed by atoms with van der Waals surface area (Å²) in [4.78, 5) is 9.12. The van der Waals surface area contributed by atoms with Crippen molar-refractivity contribution in [1.29, 1.82) is 0 Å². The van der Waals surface area contributed by atoms with Gasteiger partial charge >= 0.3 is 0 Å². The van der Waals surface area contributed by atoms with E-state index in [9.17, 15) is 0 Å². The van der Waals surface area contributed by atoms with E-state index in [4.69, 9.17) is 5.73 Å². The average molecular weight is 492 g/mol. The molecule has 23 heavy (non-hydrogen) atoms. The monoisotopic (exact) mass is 491 g/mol. The van der Waals surface area contributed by atoms with Crippen LogP contribution in [0.4, 0.5) is 0 Å². The third-order valence-corrected chi connectivity index (χ3v) is 4.79. The summed E-state index contributed by atoms with van der Waals surface area (Å²) in [6, 6.07) is 6.16. The van der Waals surface area contributed by atoms with E-state index >= 15 is 0 Å². The van der Waals surface area contributed by atoms with Crippen LogP contribution in [-0.4, -0.2) is 22.1 Å². The van der Waals surface area contributed by atoms with Gasteiger partial charge in [0.05, 0.1) is 11.0 Å². The fraction of sp³-hybridized carbons (Fsp3) is 0.500. The number of nitrogens with zero attached hydrogens (tertiary/aromatic N) is 3. The van der Waals surface area contributed by atoms with Gasteiger partial charge in [0.25, 0.3) is 0 Å². The van der Waals surface area contributed by atoms with E-state index in [2.05, 4.69) is 48.8 Å². The number of hydrogen-bond acceptors (Lipinski definition) is 2. The highest BCUT2D eigenvalue weighted by Gasteiger charge is 2.17. The Bertz CT molecular complexity index is 693.